The maximum Gasteiger partial charge on any atom is 0.235 e. The lowest BCUT2D eigenvalue weighted by molar-refractivity contribution is 0.543. The fourth-order valence-electron chi connectivity index (χ4n) is 2.55. The zero-order valence-corrected chi connectivity index (χ0v) is 12.4. The van der Waals surface area contributed by atoms with Gasteiger partial charge in [0.25, 0.3) is 0 Å². The molecule has 1 N–H and O–H groups in total. The minimum absolute atomic E-state index is 0.203. The highest BCUT2D eigenvalue weighted by Crippen LogP contribution is 2.31. The Labute approximate surface area is 115 Å². The van der Waals surface area contributed by atoms with E-state index < -0.39 is 10.0 Å². The summed E-state index contributed by atoms with van der Waals surface area (Å²) in [7, 11) is -1.37. The van der Waals surface area contributed by atoms with Crippen molar-refractivity contribution in [1.82, 2.24) is 5.32 Å². The topological polar surface area (TPSA) is 49.4 Å². The molecule has 2 rings (SSSR count). The normalized spacial score (nSPS) is 19.3. The van der Waals surface area contributed by atoms with E-state index >= 15 is 0 Å². The Morgan fingerprint density at radius 2 is 2.11 bits per heavy atom. The number of nitrogens with zero attached hydrogens (tertiary/aromatic N) is 1. The molecule has 5 heteroatoms. The summed E-state index contributed by atoms with van der Waals surface area (Å²) < 4.78 is 26.5. The van der Waals surface area contributed by atoms with Crippen LogP contribution in [-0.2, 0) is 16.4 Å². The van der Waals surface area contributed by atoms with E-state index in [0.717, 1.165) is 24.2 Å². The molecule has 4 nitrogen and oxygen atoms in total. The van der Waals surface area contributed by atoms with Crippen molar-refractivity contribution in [2.75, 3.05) is 30.2 Å². The number of benzene rings is 1. The van der Waals surface area contributed by atoms with E-state index in [2.05, 4.69) is 12.2 Å². The van der Waals surface area contributed by atoms with Crippen LogP contribution in [0.5, 0.6) is 0 Å². The molecule has 106 valence electrons. The lowest BCUT2D eigenvalue weighted by Crippen LogP contribution is -2.40. The Morgan fingerprint density at radius 3 is 2.84 bits per heavy atom. The Balaban J connectivity index is 2.24. The van der Waals surface area contributed by atoms with Crippen LogP contribution in [0.4, 0.5) is 5.69 Å². The minimum atomic E-state index is -3.21. The summed E-state index contributed by atoms with van der Waals surface area (Å²) in [6.07, 6.45) is 1.60. The van der Waals surface area contributed by atoms with E-state index in [9.17, 15) is 8.42 Å². The predicted molar refractivity (Wildman–Crippen MR) is 79.0 cm³/mol. The first kappa shape index (κ1) is 14.3. The molecular weight excluding hydrogens is 260 g/mol. The number of sulfonamides is 1. The van der Waals surface area contributed by atoms with Crippen LogP contribution in [0.3, 0.4) is 0 Å². The number of anilines is 1. The van der Waals surface area contributed by atoms with Gasteiger partial charge in [0, 0.05) is 6.54 Å². The van der Waals surface area contributed by atoms with Gasteiger partial charge in [-0.2, -0.15) is 0 Å². The van der Waals surface area contributed by atoms with Crippen molar-refractivity contribution in [2.45, 2.75) is 19.8 Å². The first-order chi connectivity index (χ1) is 9.04. The molecule has 0 spiro atoms. The van der Waals surface area contributed by atoms with Gasteiger partial charge in [0.2, 0.25) is 10.0 Å². The third-order valence-electron chi connectivity index (χ3n) is 3.47. The molecule has 0 fully saturated rings. The van der Waals surface area contributed by atoms with Crippen LogP contribution >= 0.6 is 0 Å². The van der Waals surface area contributed by atoms with E-state index in [0.29, 0.717) is 18.9 Å². The maximum atomic E-state index is 12.5. The predicted octanol–water partition coefficient (Wildman–Crippen LogP) is 1.62. The highest BCUT2D eigenvalue weighted by Gasteiger charge is 2.29. The van der Waals surface area contributed by atoms with Gasteiger partial charge >= 0.3 is 0 Å². The minimum Gasteiger partial charge on any atom is -0.320 e. The fourth-order valence-corrected chi connectivity index (χ4v) is 4.24. The molecule has 0 aliphatic carbocycles. The smallest absolute Gasteiger partial charge is 0.235 e. The summed E-state index contributed by atoms with van der Waals surface area (Å²) in [6, 6.07) is 7.82. The number of fused-ring (bicyclic) bond motifs is 1. The van der Waals surface area contributed by atoms with Gasteiger partial charge in [-0.05, 0) is 44.0 Å². The molecule has 0 amide bonds. The summed E-state index contributed by atoms with van der Waals surface area (Å²) in [6.45, 7) is 3.43. The number of para-hydroxylation sites is 1. The van der Waals surface area contributed by atoms with Crippen LogP contribution in [0.2, 0.25) is 0 Å². The van der Waals surface area contributed by atoms with Gasteiger partial charge in [-0.25, -0.2) is 8.42 Å². The van der Waals surface area contributed by atoms with Crippen LogP contribution in [0, 0.1) is 5.92 Å². The molecule has 0 radical (unpaired) electrons. The quantitative estimate of drug-likeness (QED) is 0.835. The molecule has 0 saturated heterocycles. The van der Waals surface area contributed by atoms with Crippen molar-refractivity contribution >= 4 is 15.7 Å². The van der Waals surface area contributed by atoms with Crippen LogP contribution in [0.15, 0.2) is 24.3 Å². The van der Waals surface area contributed by atoms with Gasteiger partial charge in [-0.1, -0.05) is 25.1 Å². The highest BCUT2D eigenvalue weighted by molar-refractivity contribution is 7.92. The Hall–Kier alpha value is -1.07. The monoisotopic (exact) mass is 282 g/mol. The second kappa shape index (κ2) is 5.92. The van der Waals surface area contributed by atoms with Crippen LogP contribution in [0.25, 0.3) is 0 Å². The standard InChI is InChI=1S/C14H22N2O2S/c1-12-10-13-6-3-4-7-14(13)16(11-12)19(17,18)9-5-8-15-2/h3-4,6-7,12,15H,5,8-11H2,1-2H3. The van der Waals surface area contributed by atoms with Gasteiger partial charge in [-0.3, -0.25) is 4.31 Å². The second-order valence-corrected chi connectivity index (χ2v) is 7.26. The van der Waals surface area contributed by atoms with Crippen molar-refractivity contribution in [1.29, 1.82) is 0 Å². The highest BCUT2D eigenvalue weighted by atomic mass is 32.2. The Bertz CT molecular complexity index is 528. The lowest BCUT2D eigenvalue weighted by Gasteiger charge is -2.33. The van der Waals surface area contributed by atoms with Crippen molar-refractivity contribution in [3.8, 4) is 0 Å². The average Bonchev–Trinajstić information content (AvgIpc) is 2.38. The molecule has 1 aliphatic heterocycles. The molecule has 1 aliphatic rings. The number of nitrogens with one attached hydrogen (secondary N) is 1. The molecule has 19 heavy (non-hydrogen) atoms. The molecule has 1 aromatic rings. The van der Waals surface area contributed by atoms with Gasteiger partial charge in [-0.15, -0.1) is 0 Å². The van der Waals surface area contributed by atoms with Crippen molar-refractivity contribution < 1.29 is 8.42 Å². The first-order valence-electron chi connectivity index (χ1n) is 6.77. The summed E-state index contributed by atoms with van der Waals surface area (Å²) in [4.78, 5) is 0. The molecule has 1 aromatic carbocycles. The van der Waals surface area contributed by atoms with E-state index in [1.54, 1.807) is 4.31 Å². The molecule has 1 heterocycles. The fraction of sp³-hybridized carbons (Fsp3) is 0.571. The van der Waals surface area contributed by atoms with Gasteiger partial charge in [0.15, 0.2) is 0 Å². The van der Waals surface area contributed by atoms with E-state index in [-0.39, 0.29) is 5.75 Å². The van der Waals surface area contributed by atoms with Gasteiger partial charge in [0.05, 0.1) is 11.4 Å². The molecule has 1 atom stereocenters. The largest absolute Gasteiger partial charge is 0.320 e. The van der Waals surface area contributed by atoms with Crippen molar-refractivity contribution in [3.63, 3.8) is 0 Å². The SMILES string of the molecule is CNCCCS(=O)(=O)N1CC(C)Cc2ccccc21. The van der Waals surface area contributed by atoms with E-state index in [4.69, 9.17) is 0 Å². The van der Waals surface area contributed by atoms with E-state index in [1.807, 2.05) is 31.3 Å². The van der Waals surface area contributed by atoms with Crippen LogP contribution in [0.1, 0.15) is 18.9 Å². The lowest BCUT2D eigenvalue weighted by atomic mass is 9.96. The zero-order valence-electron chi connectivity index (χ0n) is 11.6. The Morgan fingerprint density at radius 1 is 1.37 bits per heavy atom. The molecule has 0 aromatic heterocycles. The number of hydrogen-bond donors (Lipinski definition) is 1. The number of rotatable bonds is 5. The van der Waals surface area contributed by atoms with Crippen LogP contribution < -0.4 is 9.62 Å². The van der Waals surface area contributed by atoms with Gasteiger partial charge in [0.1, 0.15) is 0 Å². The summed E-state index contributed by atoms with van der Waals surface area (Å²) in [5.41, 5.74) is 2.00. The first-order valence-corrected chi connectivity index (χ1v) is 8.38. The van der Waals surface area contributed by atoms with E-state index in [1.165, 1.54) is 0 Å². The number of hydrogen-bond acceptors (Lipinski definition) is 3. The molecular formula is C14H22N2O2S. The second-order valence-electron chi connectivity index (χ2n) is 5.24. The van der Waals surface area contributed by atoms with Gasteiger partial charge < -0.3 is 5.32 Å². The molecule has 1 unspecified atom stereocenters. The van der Waals surface area contributed by atoms with Crippen molar-refractivity contribution in [2.24, 2.45) is 5.92 Å². The summed E-state index contributed by atoms with van der Waals surface area (Å²) >= 11 is 0. The van der Waals surface area contributed by atoms with Crippen LogP contribution in [-0.4, -0.2) is 34.3 Å². The molecule has 0 saturated carbocycles. The zero-order chi connectivity index (χ0) is 13.9. The van der Waals surface area contributed by atoms with Crippen molar-refractivity contribution in [3.05, 3.63) is 29.8 Å². The summed E-state index contributed by atoms with van der Waals surface area (Å²) in [5.74, 6) is 0.573. The third kappa shape index (κ3) is 3.28. The third-order valence-corrected chi connectivity index (χ3v) is 5.29. The maximum absolute atomic E-state index is 12.5. The molecule has 0 bridgehead atoms. The Kier molecular flexibility index (Phi) is 4.47. The average molecular weight is 282 g/mol. The summed E-state index contributed by atoms with van der Waals surface area (Å²) in [5, 5.41) is 2.99.